The number of anilines is 3. The van der Waals surface area contributed by atoms with Crippen molar-refractivity contribution < 1.29 is 9.31 Å². The van der Waals surface area contributed by atoms with E-state index in [0.717, 1.165) is 0 Å². The van der Waals surface area contributed by atoms with Crippen LogP contribution in [0.1, 0.15) is 5.69 Å². The van der Waals surface area contributed by atoms with Gasteiger partial charge in [-0.25, -0.2) is 9.37 Å². The quantitative estimate of drug-likeness (QED) is 0.656. The summed E-state index contributed by atoms with van der Waals surface area (Å²) in [5.41, 5.74) is 5.78. The second kappa shape index (κ2) is 5.37. The summed E-state index contributed by atoms with van der Waals surface area (Å²) in [6.07, 6.45) is 0. The molecule has 0 atom stereocenters. The van der Waals surface area contributed by atoms with Gasteiger partial charge in [0.15, 0.2) is 0 Å². The van der Waals surface area contributed by atoms with Crippen molar-refractivity contribution >= 4 is 39.1 Å². The number of hydrogen-bond donors (Lipinski definition) is 2. The maximum absolute atomic E-state index is 13.1. The number of aryl methyl sites for hydroxylation is 1. The maximum atomic E-state index is 13.1. The molecule has 9 heteroatoms. The van der Waals surface area contributed by atoms with Gasteiger partial charge in [0.05, 0.1) is 9.40 Å². The summed E-state index contributed by atoms with van der Waals surface area (Å²) >= 11 is 3.03. The lowest BCUT2D eigenvalue weighted by Crippen LogP contribution is -2.07. The number of nitrogens with zero attached hydrogens (tertiary/aromatic N) is 3. The molecule has 1 aromatic carbocycles. The molecule has 0 radical (unpaired) electrons. The molecule has 2 aromatic rings. The van der Waals surface area contributed by atoms with E-state index in [1.54, 1.807) is 0 Å². The lowest BCUT2D eigenvalue weighted by atomic mass is 10.3. The fourth-order valence-electron chi connectivity index (χ4n) is 1.60. The van der Waals surface area contributed by atoms with E-state index < -0.39 is 10.7 Å². The zero-order chi connectivity index (χ0) is 14.9. The van der Waals surface area contributed by atoms with Crippen molar-refractivity contribution in [2.75, 3.05) is 11.1 Å². The van der Waals surface area contributed by atoms with Crippen LogP contribution in [0.4, 0.5) is 27.5 Å². The Labute approximate surface area is 121 Å². The van der Waals surface area contributed by atoms with Crippen LogP contribution in [-0.2, 0) is 0 Å². The zero-order valence-corrected chi connectivity index (χ0v) is 11.8. The van der Waals surface area contributed by atoms with Crippen molar-refractivity contribution in [2.45, 2.75) is 6.92 Å². The molecule has 20 heavy (non-hydrogen) atoms. The molecule has 1 heterocycles. The van der Waals surface area contributed by atoms with Gasteiger partial charge in [0.25, 0.3) is 0 Å². The van der Waals surface area contributed by atoms with E-state index in [-0.39, 0.29) is 27.6 Å². The summed E-state index contributed by atoms with van der Waals surface area (Å²) < 4.78 is 13.4. The average Bonchev–Trinajstić information content (AvgIpc) is 2.32. The second-order valence-corrected chi connectivity index (χ2v) is 4.73. The summed E-state index contributed by atoms with van der Waals surface area (Å²) in [4.78, 5) is 18.0. The minimum absolute atomic E-state index is 0.0430. The van der Waals surface area contributed by atoms with E-state index in [0.29, 0.717) is 5.69 Å². The highest BCUT2D eigenvalue weighted by Crippen LogP contribution is 2.30. The lowest BCUT2D eigenvalue weighted by molar-refractivity contribution is -0.385. The van der Waals surface area contributed by atoms with Crippen molar-refractivity contribution in [1.82, 2.24) is 9.97 Å². The number of aromatic nitrogens is 2. The highest BCUT2D eigenvalue weighted by Gasteiger charge is 2.21. The molecule has 0 aliphatic heterocycles. The first-order chi connectivity index (χ1) is 9.38. The first kappa shape index (κ1) is 14.1. The van der Waals surface area contributed by atoms with Gasteiger partial charge in [0, 0.05) is 5.69 Å². The van der Waals surface area contributed by atoms with E-state index in [1.165, 1.54) is 25.1 Å². The number of halogens is 2. The minimum Gasteiger partial charge on any atom is -0.368 e. The molecular weight excluding hydrogens is 333 g/mol. The topological polar surface area (TPSA) is 107 Å². The van der Waals surface area contributed by atoms with Gasteiger partial charge in [-0.05, 0) is 41.1 Å². The standard InChI is InChI=1S/C11H9BrFN5O2/c1-5-9(18(19)20)10(17-11(14)15-5)16-6-2-3-8(13)7(12)4-6/h2-4H,1H3,(H3,14,15,16,17). The van der Waals surface area contributed by atoms with E-state index in [4.69, 9.17) is 5.73 Å². The Balaban J connectivity index is 2.47. The number of nitrogens with two attached hydrogens (primary N) is 1. The molecule has 3 N–H and O–H groups in total. The van der Waals surface area contributed by atoms with Gasteiger partial charge >= 0.3 is 5.69 Å². The summed E-state index contributed by atoms with van der Waals surface area (Å²) in [6.45, 7) is 1.46. The van der Waals surface area contributed by atoms with Crippen molar-refractivity contribution in [3.05, 3.63) is 44.3 Å². The number of nitrogen functional groups attached to an aromatic ring is 1. The van der Waals surface area contributed by atoms with Crippen LogP contribution in [-0.4, -0.2) is 14.9 Å². The highest BCUT2D eigenvalue weighted by atomic mass is 79.9. The summed E-state index contributed by atoms with van der Waals surface area (Å²) in [5, 5.41) is 13.8. The summed E-state index contributed by atoms with van der Waals surface area (Å²) in [7, 11) is 0. The third kappa shape index (κ3) is 2.82. The van der Waals surface area contributed by atoms with E-state index >= 15 is 0 Å². The molecule has 0 amide bonds. The molecule has 0 saturated carbocycles. The fourth-order valence-corrected chi connectivity index (χ4v) is 1.98. The first-order valence-electron chi connectivity index (χ1n) is 5.39. The minimum atomic E-state index is -0.602. The van der Waals surface area contributed by atoms with Crippen molar-refractivity contribution in [1.29, 1.82) is 0 Å². The number of benzene rings is 1. The molecule has 0 aliphatic carbocycles. The Morgan fingerprint density at radius 2 is 2.15 bits per heavy atom. The maximum Gasteiger partial charge on any atom is 0.332 e. The molecule has 2 rings (SSSR count). The Bertz CT molecular complexity index is 695. The van der Waals surface area contributed by atoms with Gasteiger partial charge in [-0.1, -0.05) is 0 Å². The molecule has 0 aliphatic rings. The third-order valence-electron chi connectivity index (χ3n) is 2.44. The highest BCUT2D eigenvalue weighted by molar-refractivity contribution is 9.10. The number of rotatable bonds is 3. The van der Waals surface area contributed by atoms with Crippen LogP contribution in [0.5, 0.6) is 0 Å². The van der Waals surface area contributed by atoms with E-state index in [1.807, 2.05) is 0 Å². The molecule has 0 spiro atoms. The third-order valence-corrected chi connectivity index (χ3v) is 3.05. The van der Waals surface area contributed by atoms with E-state index in [9.17, 15) is 14.5 Å². The number of hydrogen-bond acceptors (Lipinski definition) is 6. The molecule has 104 valence electrons. The van der Waals surface area contributed by atoms with Gasteiger partial charge in [-0.2, -0.15) is 4.98 Å². The first-order valence-corrected chi connectivity index (χ1v) is 6.18. The average molecular weight is 342 g/mol. The van der Waals surface area contributed by atoms with Crippen LogP contribution in [0, 0.1) is 22.9 Å². The largest absolute Gasteiger partial charge is 0.368 e. The molecule has 1 aromatic heterocycles. The predicted octanol–water partition coefficient (Wildman–Crippen LogP) is 2.92. The van der Waals surface area contributed by atoms with Crippen LogP contribution >= 0.6 is 15.9 Å². The Hall–Kier alpha value is -2.29. The van der Waals surface area contributed by atoms with Crippen molar-refractivity contribution in [2.24, 2.45) is 0 Å². The molecule has 0 unspecified atom stereocenters. The Morgan fingerprint density at radius 1 is 1.45 bits per heavy atom. The summed E-state index contributed by atoms with van der Waals surface area (Å²) in [5.74, 6) is -0.571. The van der Waals surface area contributed by atoms with Gasteiger partial charge in [-0.15, -0.1) is 0 Å². The molecule has 0 fully saturated rings. The fraction of sp³-hybridized carbons (Fsp3) is 0.0909. The second-order valence-electron chi connectivity index (χ2n) is 3.88. The van der Waals surface area contributed by atoms with Gasteiger partial charge in [0.1, 0.15) is 11.5 Å². The molecule has 0 bridgehead atoms. The SMILES string of the molecule is Cc1nc(N)nc(Nc2ccc(F)c(Br)c2)c1[N+](=O)[O-]. The van der Waals surface area contributed by atoms with Crippen LogP contribution in [0.2, 0.25) is 0 Å². The Morgan fingerprint density at radius 3 is 2.75 bits per heavy atom. The lowest BCUT2D eigenvalue weighted by Gasteiger charge is -2.08. The predicted molar refractivity (Wildman–Crippen MR) is 75.2 cm³/mol. The monoisotopic (exact) mass is 341 g/mol. The number of nitro groups is 1. The number of nitrogens with one attached hydrogen (secondary N) is 1. The van der Waals surface area contributed by atoms with Crippen LogP contribution in [0.3, 0.4) is 0 Å². The normalized spacial score (nSPS) is 10.3. The molecule has 0 saturated heterocycles. The summed E-state index contributed by atoms with van der Waals surface area (Å²) in [6, 6.07) is 4.08. The van der Waals surface area contributed by atoms with Crippen LogP contribution in [0.15, 0.2) is 22.7 Å². The van der Waals surface area contributed by atoms with Gasteiger partial charge in [0.2, 0.25) is 11.8 Å². The molecular formula is C11H9BrFN5O2. The van der Waals surface area contributed by atoms with Crippen LogP contribution < -0.4 is 11.1 Å². The van der Waals surface area contributed by atoms with Gasteiger partial charge in [-0.3, -0.25) is 10.1 Å². The van der Waals surface area contributed by atoms with Crippen molar-refractivity contribution in [3.63, 3.8) is 0 Å². The Kier molecular flexibility index (Phi) is 3.79. The van der Waals surface area contributed by atoms with Crippen molar-refractivity contribution in [3.8, 4) is 0 Å². The van der Waals surface area contributed by atoms with Crippen LogP contribution in [0.25, 0.3) is 0 Å². The smallest absolute Gasteiger partial charge is 0.332 e. The zero-order valence-electron chi connectivity index (χ0n) is 10.2. The van der Waals surface area contributed by atoms with Gasteiger partial charge < -0.3 is 11.1 Å². The molecule has 7 nitrogen and oxygen atoms in total. The van der Waals surface area contributed by atoms with E-state index in [2.05, 4.69) is 31.2 Å².